The Kier molecular flexibility index (Phi) is 1.62. The molecule has 0 N–H and O–H groups in total. The normalized spacial score (nSPS) is 14.8. The molecule has 0 amide bonds. The summed E-state index contributed by atoms with van der Waals surface area (Å²) in [6.07, 6.45) is 4.49. The van der Waals surface area contributed by atoms with E-state index in [4.69, 9.17) is 0 Å². The van der Waals surface area contributed by atoms with Crippen LogP contribution < -0.4 is 4.46 Å². The van der Waals surface area contributed by atoms with Crippen molar-refractivity contribution in [1.82, 2.24) is 0 Å². The molecular weight excluding hydrogens is 187 g/mol. The molecule has 0 nitrogen and oxygen atoms in total. The van der Waals surface area contributed by atoms with E-state index < -0.39 is 0 Å². The zero-order valence-electron chi connectivity index (χ0n) is 5.58. The van der Waals surface area contributed by atoms with E-state index in [1.807, 2.05) is 0 Å². The van der Waals surface area contributed by atoms with Gasteiger partial charge in [-0.25, -0.2) is 0 Å². The molecule has 10 heavy (non-hydrogen) atoms. The van der Waals surface area contributed by atoms with E-state index in [9.17, 15) is 0 Å². The molecule has 0 bridgehead atoms. The van der Waals surface area contributed by atoms with Crippen LogP contribution in [0, 0.1) is 0 Å². The van der Waals surface area contributed by atoms with Crippen LogP contribution in [-0.2, 0) is 0 Å². The Balaban J connectivity index is 2.54. The van der Waals surface area contributed by atoms with Gasteiger partial charge in [-0.3, -0.25) is 0 Å². The Labute approximate surface area is 67.1 Å². The van der Waals surface area contributed by atoms with Crippen molar-refractivity contribution in [2.24, 2.45) is 0 Å². The third-order valence-electron chi connectivity index (χ3n) is 1.55. The van der Waals surface area contributed by atoms with Crippen molar-refractivity contribution in [2.45, 2.75) is 5.32 Å². The fourth-order valence-corrected chi connectivity index (χ4v) is 2.85. The first-order valence-corrected chi connectivity index (χ1v) is 5.42. The van der Waals surface area contributed by atoms with Gasteiger partial charge in [0.2, 0.25) is 0 Å². The molecule has 0 spiro atoms. The molecule has 0 radical (unpaired) electrons. The topological polar surface area (TPSA) is 0 Å². The van der Waals surface area contributed by atoms with Gasteiger partial charge in [0.15, 0.2) is 0 Å². The fraction of sp³-hybridized carbons (Fsp3) is 0.111. The SMILES string of the molecule is C1=Cc2ccccc2[Se]C1. The van der Waals surface area contributed by atoms with Crippen molar-refractivity contribution in [1.29, 1.82) is 0 Å². The predicted octanol–water partition coefficient (Wildman–Crippen LogP) is 1.46. The monoisotopic (exact) mass is 196 g/mol. The van der Waals surface area contributed by atoms with Crippen molar-refractivity contribution in [3.8, 4) is 0 Å². The Hall–Kier alpha value is -0.521. The van der Waals surface area contributed by atoms with Gasteiger partial charge in [-0.05, 0) is 0 Å². The van der Waals surface area contributed by atoms with Gasteiger partial charge in [0, 0.05) is 0 Å². The van der Waals surface area contributed by atoms with Crippen molar-refractivity contribution in [3.63, 3.8) is 0 Å². The molecule has 0 fully saturated rings. The Bertz CT molecular complexity index is 263. The Morgan fingerprint density at radius 3 is 3.00 bits per heavy atom. The van der Waals surface area contributed by atoms with Gasteiger partial charge in [-0.2, -0.15) is 0 Å². The number of benzene rings is 1. The Morgan fingerprint density at radius 2 is 2.10 bits per heavy atom. The maximum absolute atomic E-state index is 2.27. The molecule has 0 aliphatic carbocycles. The number of hydrogen-bond donors (Lipinski definition) is 0. The van der Waals surface area contributed by atoms with Crippen LogP contribution in [0.4, 0.5) is 0 Å². The van der Waals surface area contributed by atoms with E-state index >= 15 is 0 Å². The van der Waals surface area contributed by atoms with Gasteiger partial charge in [-0.1, -0.05) is 0 Å². The Morgan fingerprint density at radius 1 is 1.20 bits per heavy atom. The van der Waals surface area contributed by atoms with Gasteiger partial charge in [0.05, 0.1) is 0 Å². The molecule has 0 saturated heterocycles. The number of rotatable bonds is 0. The summed E-state index contributed by atoms with van der Waals surface area (Å²) in [6, 6.07) is 8.65. The number of fused-ring (bicyclic) bond motifs is 1. The van der Waals surface area contributed by atoms with Crippen LogP contribution in [0.3, 0.4) is 0 Å². The van der Waals surface area contributed by atoms with Crippen molar-refractivity contribution >= 4 is 25.5 Å². The second kappa shape index (κ2) is 2.61. The predicted molar refractivity (Wildman–Crippen MR) is 45.7 cm³/mol. The molecule has 1 heteroatoms. The average molecular weight is 195 g/mol. The molecule has 1 heterocycles. The summed E-state index contributed by atoms with van der Waals surface area (Å²) in [6.45, 7) is 0. The summed E-state index contributed by atoms with van der Waals surface area (Å²) in [5.74, 6) is 0. The first kappa shape index (κ1) is 6.21. The number of hydrogen-bond acceptors (Lipinski definition) is 0. The summed E-state index contributed by atoms with van der Waals surface area (Å²) in [5, 5.41) is 1.27. The first-order valence-electron chi connectivity index (χ1n) is 3.35. The van der Waals surface area contributed by atoms with E-state index in [2.05, 4.69) is 36.4 Å². The van der Waals surface area contributed by atoms with Gasteiger partial charge in [0.1, 0.15) is 0 Å². The third kappa shape index (κ3) is 1.03. The molecule has 1 aromatic rings. The van der Waals surface area contributed by atoms with E-state index in [1.165, 1.54) is 10.9 Å². The minimum atomic E-state index is 0.700. The van der Waals surface area contributed by atoms with Crippen LogP contribution >= 0.6 is 0 Å². The summed E-state index contributed by atoms with van der Waals surface area (Å²) in [4.78, 5) is 0. The molecule has 1 aliphatic rings. The van der Waals surface area contributed by atoms with Crippen molar-refractivity contribution in [3.05, 3.63) is 35.9 Å². The molecule has 0 saturated carbocycles. The fourth-order valence-electron chi connectivity index (χ4n) is 1.06. The van der Waals surface area contributed by atoms with Crippen LogP contribution in [0.1, 0.15) is 5.56 Å². The third-order valence-corrected chi connectivity index (χ3v) is 3.74. The standard InChI is InChI=1S/C9H8Se/c1-2-6-9-8(4-1)5-3-7-10-9/h1-6H,7H2. The number of allylic oxidation sites excluding steroid dienone is 1. The van der Waals surface area contributed by atoms with Crippen LogP contribution in [0.2, 0.25) is 5.32 Å². The van der Waals surface area contributed by atoms with Crippen LogP contribution in [0.25, 0.3) is 6.08 Å². The van der Waals surface area contributed by atoms with E-state index in [1.54, 1.807) is 4.46 Å². The van der Waals surface area contributed by atoms with Crippen LogP contribution in [-0.4, -0.2) is 15.0 Å². The van der Waals surface area contributed by atoms with Gasteiger partial charge >= 0.3 is 66.7 Å². The van der Waals surface area contributed by atoms with Crippen molar-refractivity contribution < 1.29 is 0 Å². The van der Waals surface area contributed by atoms with E-state index in [-0.39, 0.29) is 0 Å². The van der Waals surface area contributed by atoms with Gasteiger partial charge < -0.3 is 0 Å². The molecule has 1 aromatic carbocycles. The summed E-state index contributed by atoms with van der Waals surface area (Å²) in [5.41, 5.74) is 1.42. The summed E-state index contributed by atoms with van der Waals surface area (Å²) in [7, 11) is 0. The first-order chi connectivity index (χ1) is 4.97. The van der Waals surface area contributed by atoms with E-state index in [0.29, 0.717) is 15.0 Å². The zero-order valence-corrected chi connectivity index (χ0v) is 7.29. The van der Waals surface area contributed by atoms with Crippen LogP contribution in [0.15, 0.2) is 30.3 Å². The van der Waals surface area contributed by atoms with Gasteiger partial charge in [0.25, 0.3) is 0 Å². The zero-order chi connectivity index (χ0) is 6.81. The molecule has 0 unspecified atom stereocenters. The molecular formula is C9H8Se. The molecule has 0 aromatic heterocycles. The molecule has 1 aliphatic heterocycles. The average Bonchev–Trinajstić information content (AvgIpc) is 2.05. The summed E-state index contributed by atoms with van der Waals surface area (Å²) >= 11 is 0.700. The van der Waals surface area contributed by atoms with E-state index in [0.717, 1.165) is 0 Å². The quantitative estimate of drug-likeness (QED) is 0.550. The van der Waals surface area contributed by atoms with Crippen molar-refractivity contribution in [2.75, 3.05) is 0 Å². The molecule has 50 valence electrons. The second-order valence-electron chi connectivity index (χ2n) is 2.25. The summed E-state index contributed by atoms with van der Waals surface area (Å²) < 4.78 is 1.55. The van der Waals surface area contributed by atoms with Gasteiger partial charge in [-0.15, -0.1) is 0 Å². The minimum absolute atomic E-state index is 0.700. The molecule has 0 atom stereocenters. The maximum atomic E-state index is 2.27. The second-order valence-corrected chi connectivity index (χ2v) is 4.48. The molecule has 2 rings (SSSR count). The van der Waals surface area contributed by atoms with Crippen LogP contribution in [0.5, 0.6) is 0 Å².